The summed E-state index contributed by atoms with van der Waals surface area (Å²) >= 11 is 6.03. The van der Waals surface area contributed by atoms with Gasteiger partial charge >= 0.3 is 10.3 Å². The van der Waals surface area contributed by atoms with Crippen LogP contribution in [0.15, 0.2) is 49.1 Å². The van der Waals surface area contributed by atoms with Gasteiger partial charge in [0.05, 0.1) is 24.8 Å². The molecule has 1 fully saturated rings. The maximum atomic E-state index is 13.1. The van der Waals surface area contributed by atoms with Gasteiger partial charge in [0.1, 0.15) is 17.8 Å². The van der Waals surface area contributed by atoms with Crippen molar-refractivity contribution in [2.24, 2.45) is 11.1 Å². The molecule has 0 bridgehead atoms. The molecule has 4 rings (SSSR count). The maximum Gasteiger partial charge on any atom is 0.333 e. The lowest BCUT2D eigenvalue weighted by atomic mass is 10.1. The molecule has 0 unspecified atom stereocenters. The Bertz CT molecular complexity index is 1280. The molecule has 1 saturated carbocycles. The summed E-state index contributed by atoms with van der Waals surface area (Å²) in [6.07, 6.45) is 4.36. The van der Waals surface area contributed by atoms with Crippen molar-refractivity contribution in [3.8, 4) is 0 Å². The third kappa shape index (κ3) is 6.15. The molecule has 4 N–H and O–H groups in total. The zero-order valence-electron chi connectivity index (χ0n) is 17.9. The molecule has 13 heteroatoms. The number of hydrogen-bond acceptors (Lipinski definition) is 9. The van der Waals surface area contributed by atoms with Crippen LogP contribution in [0, 0.1) is 5.92 Å². The topological polar surface area (TPSA) is 162 Å². The minimum absolute atomic E-state index is 0.224. The Labute approximate surface area is 201 Å². The summed E-state index contributed by atoms with van der Waals surface area (Å²) in [5.74, 6) is -0.491. The van der Waals surface area contributed by atoms with Crippen LogP contribution in [-0.2, 0) is 21.0 Å². The van der Waals surface area contributed by atoms with Gasteiger partial charge in [-0.05, 0) is 36.6 Å². The summed E-state index contributed by atoms with van der Waals surface area (Å²) < 4.78 is 28.3. The number of carbonyl (C=O) groups is 1. The number of nitrogens with two attached hydrogens (primary N) is 1. The number of benzene rings is 1. The van der Waals surface area contributed by atoms with E-state index in [1.165, 1.54) is 12.5 Å². The molecule has 34 heavy (non-hydrogen) atoms. The quantitative estimate of drug-likeness (QED) is 0.364. The van der Waals surface area contributed by atoms with Crippen molar-refractivity contribution < 1.29 is 22.5 Å². The fraction of sp³-hybridized carbons (Fsp3) is 0.333. The van der Waals surface area contributed by atoms with Crippen molar-refractivity contribution in [1.82, 2.24) is 19.7 Å². The molecule has 0 spiro atoms. The van der Waals surface area contributed by atoms with Crippen molar-refractivity contribution >= 4 is 33.5 Å². The van der Waals surface area contributed by atoms with Crippen LogP contribution >= 0.6 is 11.6 Å². The summed E-state index contributed by atoms with van der Waals surface area (Å²) in [5, 5.41) is 23.3. The van der Waals surface area contributed by atoms with Crippen LogP contribution < -0.4 is 10.5 Å². The minimum atomic E-state index is -4.09. The van der Waals surface area contributed by atoms with Gasteiger partial charge in [0.2, 0.25) is 5.78 Å². The zero-order chi connectivity index (χ0) is 24.3. The first kappa shape index (κ1) is 24.2. The summed E-state index contributed by atoms with van der Waals surface area (Å²) in [4.78, 5) is 21.3. The first-order valence-electron chi connectivity index (χ1n) is 10.4. The number of halogens is 1. The van der Waals surface area contributed by atoms with Gasteiger partial charge in [-0.3, -0.25) is 13.7 Å². The van der Waals surface area contributed by atoms with E-state index in [0.717, 1.165) is 5.56 Å². The van der Waals surface area contributed by atoms with Crippen molar-refractivity contribution in [3.05, 3.63) is 70.9 Å². The molecule has 180 valence electrons. The van der Waals surface area contributed by atoms with Crippen molar-refractivity contribution in [3.63, 3.8) is 0 Å². The first-order valence-corrected chi connectivity index (χ1v) is 12.3. The average molecular weight is 507 g/mol. The second-order valence-electron chi connectivity index (χ2n) is 8.06. The Balaban J connectivity index is 1.44. The highest BCUT2D eigenvalue weighted by atomic mass is 35.5. The van der Waals surface area contributed by atoms with Crippen LogP contribution in [0.3, 0.4) is 0 Å². The smallest absolute Gasteiger partial charge is 0.333 e. The molecule has 1 aliphatic rings. The summed E-state index contributed by atoms with van der Waals surface area (Å²) in [5.41, 5.74) is 1.40. The van der Waals surface area contributed by atoms with Gasteiger partial charge in [-0.15, -0.1) is 0 Å². The van der Waals surface area contributed by atoms with Crippen molar-refractivity contribution in [2.75, 3.05) is 11.9 Å². The van der Waals surface area contributed by atoms with E-state index < -0.39 is 22.3 Å². The number of ketones is 1. The van der Waals surface area contributed by atoms with Crippen molar-refractivity contribution in [2.45, 2.75) is 31.5 Å². The normalized spacial score (nSPS) is 20.4. The van der Waals surface area contributed by atoms with Gasteiger partial charge in [0, 0.05) is 29.4 Å². The third-order valence-electron chi connectivity index (χ3n) is 5.51. The molecular weight excluding hydrogens is 484 g/mol. The summed E-state index contributed by atoms with van der Waals surface area (Å²) in [6.45, 7) is 0.226. The molecule has 3 aromatic rings. The number of hydrogen-bond donors (Lipinski definition) is 3. The van der Waals surface area contributed by atoms with E-state index in [4.69, 9.17) is 16.7 Å². The Morgan fingerprint density at radius 3 is 2.91 bits per heavy atom. The third-order valence-corrected chi connectivity index (χ3v) is 6.21. The minimum Gasteiger partial charge on any atom is -0.393 e. The number of nitrogens with zero attached hydrogens (tertiary/aromatic N) is 4. The molecule has 2 heterocycles. The number of carbonyl (C=O) groups excluding carboxylic acids is 1. The van der Waals surface area contributed by atoms with Gasteiger partial charge in [-0.25, -0.2) is 15.1 Å². The van der Waals surface area contributed by atoms with Crippen LogP contribution in [0.2, 0.25) is 5.02 Å². The number of anilines is 1. The van der Waals surface area contributed by atoms with E-state index >= 15 is 0 Å². The van der Waals surface area contributed by atoms with Crippen LogP contribution in [0.25, 0.3) is 0 Å². The number of aromatic nitrogens is 4. The standard InChI is InChI=1S/C21H23ClN6O5S/c22-15-3-1-2-13(6-15)10-28-5-4-18(27-28)20(30)17-9-24-12-25-21(17)26-16-7-14(19(29)8-16)11-33-34(23,31)32/h1-6,9,12,14,16,19,29H,7-8,10-11H2,(H2,23,31,32)(H,24,25,26)/t14-,16-,19+/m1/s1. The van der Waals surface area contributed by atoms with Gasteiger partial charge in [0.25, 0.3) is 0 Å². The molecular formula is C21H23ClN6O5S. The maximum absolute atomic E-state index is 13.1. The molecule has 0 amide bonds. The van der Waals surface area contributed by atoms with E-state index in [-0.39, 0.29) is 29.7 Å². The Kier molecular flexibility index (Phi) is 7.24. The second kappa shape index (κ2) is 10.2. The van der Waals surface area contributed by atoms with Gasteiger partial charge < -0.3 is 10.4 Å². The lowest BCUT2D eigenvalue weighted by Gasteiger charge is -2.15. The van der Waals surface area contributed by atoms with Crippen LogP contribution in [0.5, 0.6) is 0 Å². The molecule has 0 aliphatic heterocycles. The predicted octanol–water partition coefficient (Wildman–Crippen LogP) is 1.38. The van der Waals surface area contributed by atoms with Crippen LogP contribution in [0.4, 0.5) is 5.82 Å². The number of aliphatic hydroxyl groups excluding tert-OH is 1. The summed E-state index contributed by atoms with van der Waals surface area (Å²) in [6, 6.07) is 8.73. The van der Waals surface area contributed by atoms with E-state index in [9.17, 15) is 18.3 Å². The first-order chi connectivity index (χ1) is 16.2. The van der Waals surface area contributed by atoms with E-state index in [0.29, 0.717) is 30.2 Å². The monoisotopic (exact) mass is 506 g/mol. The molecule has 11 nitrogen and oxygen atoms in total. The molecule has 2 aromatic heterocycles. The highest BCUT2D eigenvalue weighted by Gasteiger charge is 2.34. The Morgan fingerprint density at radius 1 is 1.32 bits per heavy atom. The van der Waals surface area contributed by atoms with Gasteiger partial charge in [0.15, 0.2) is 0 Å². The molecule has 3 atom stereocenters. The zero-order valence-corrected chi connectivity index (χ0v) is 19.5. The molecule has 1 aliphatic carbocycles. The predicted molar refractivity (Wildman–Crippen MR) is 123 cm³/mol. The van der Waals surface area contributed by atoms with Crippen LogP contribution in [0.1, 0.15) is 34.5 Å². The van der Waals surface area contributed by atoms with Crippen molar-refractivity contribution in [1.29, 1.82) is 0 Å². The lowest BCUT2D eigenvalue weighted by molar-refractivity contribution is 0.101. The lowest BCUT2D eigenvalue weighted by Crippen LogP contribution is -2.24. The van der Waals surface area contributed by atoms with Gasteiger partial charge in [-0.2, -0.15) is 13.5 Å². The number of nitrogens with one attached hydrogen (secondary N) is 1. The fourth-order valence-electron chi connectivity index (χ4n) is 3.92. The molecule has 0 radical (unpaired) electrons. The molecule has 0 saturated heterocycles. The highest BCUT2D eigenvalue weighted by molar-refractivity contribution is 7.84. The summed E-state index contributed by atoms with van der Waals surface area (Å²) in [7, 11) is -4.09. The number of aliphatic hydroxyl groups is 1. The van der Waals surface area contributed by atoms with Gasteiger partial charge in [-0.1, -0.05) is 23.7 Å². The van der Waals surface area contributed by atoms with E-state index in [1.54, 1.807) is 23.0 Å². The Morgan fingerprint density at radius 2 is 2.15 bits per heavy atom. The fourth-order valence-corrected chi connectivity index (χ4v) is 4.49. The van der Waals surface area contributed by atoms with Crippen LogP contribution in [-0.4, -0.2) is 57.8 Å². The largest absolute Gasteiger partial charge is 0.393 e. The Hall–Kier alpha value is -2.90. The SMILES string of the molecule is NS(=O)(=O)OC[C@H]1C[C@@H](Nc2ncncc2C(=O)c2ccn(Cc3cccc(Cl)c3)n2)C[C@@H]1O. The second-order valence-corrected chi connectivity index (χ2v) is 9.72. The average Bonchev–Trinajstić information content (AvgIpc) is 3.38. The van der Waals surface area contributed by atoms with E-state index in [1.807, 2.05) is 18.2 Å². The van der Waals surface area contributed by atoms with E-state index in [2.05, 4.69) is 24.6 Å². The number of rotatable bonds is 9. The molecule has 1 aromatic carbocycles. The highest BCUT2D eigenvalue weighted by Crippen LogP contribution is 2.30.